The summed E-state index contributed by atoms with van der Waals surface area (Å²) in [4.78, 5) is 18.5. The highest BCUT2D eigenvalue weighted by Crippen LogP contribution is 2.32. The maximum absolute atomic E-state index is 14.1. The van der Waals surface area contributed by atoms with Crippen molar-refractivity contribution in [2.75, 3.05) is 5.75 Å². The standard InChI is InChI=1S/C20H16ClFN2OS2/c1-12-5-7-13(8-6-12)24-19(25)18-17(9-10-26-18)23-20(24)27-11-14-15(21)3-2-4-16(14)22/h2-8H,9-11H2,1H3. The van der Waals surface area contributed by atoms with E-state index in [0.29, 0.717) is 26.4 Å². The summed E-state index contributed by atoms with van der Waals surface area (Å²) in [6.45, 7) is 2.00. The first-order valence-corrected chi connectivity index (χ1v) is 10.8. The number of rotatable bonds is 4. The SMILES string of the molecule is Cc1ccc(-n2c(SCc3c(F)cccc3Cl)nc3c(c2=O)SCC3)cc1. The van der Waals surface area contributed by atoms with Gasteiger partial charge in [-0.1, -0.05) is 47.1 Å². The molecular formula is C20H16ClFN2OS2. The molecule has 27 heavy (non-hydrogen) atoms. The van der Waals surface area contributed by atoms with Crippen LogP contribution >= 0.6 is 35.1 Å². The van der Waals surface area contributed by atoms with E-state index < -0.39 is 0 Å². The first-order chi connectivity index (χ1) is 13.0. The van der Waals surface area contributed by atoms with Gasteiger partial charge in [0.2, 0.25) is 0 Å². The molecule has 3 nitrogen and oxygen atoms in total. The number of benzene rings is 2. The van der Waals surface area contributed by atoms with Crippen LogP contribution in [0.2, 0.25) is 5.02 Å². The van der Waals surface area contributed by atoms with Crippen LogP contribution in [0.15, 0.2) is 57.3 Å². The minimum atomic E-state index is -0.351. The van der Waals surface area contributed by atoms with E-state index in [-0.39, 0.29) is 11.4 Å². The Morgan fingerprint density at radius 2 is 2.04 bits per heavy atom. The molecule has 0 radical (unpaired) electrons. The van der Waals surface area contributed by atoms with Crippen LogP contribution in [0.1, 0.15) is 16.8 Å². The molecule has 3 aromatic rings. The van der Waals surface area contributed by atoms with Crippen LogP contribution in [-0.4, -0.2) is 15.3 Å². The quantitative estimate of drug-likeness (QED) is 0.427. The highest BCUT2D eigenvalue weighted by molar-refractivity contribution is 7.99. The summed E-state index contributed by atoms with van der Waals surface area (Å²) in [6, 6.07) is 12.4. The average Bonchev–Trinajstić information content (AvgIpc) is 3.11. The Hall–Kier alpha value is -1.76. The molecule has 0 N–H and O–H groups in total. The zero-order valence-electron chi connectivity index (χ0n) is 14.5. The molecule has 0 amide bonds. The van der Waals surface area contributed by atoms with Gasteiger partial charge in [-0.3, -0.25) is 9.36 Å². The second kappa shape index (κ2) is 7.70. The van der Waals surface area contributed by atoms with E-state index >= 15 is 0 Å². The smallest absolute Gasteiger partial charge is 0.268 e. The Balaban J connectivity index is 1.78. The zero-order valence-corrected chi connectivity index (χ0v) is 16.9. The molecule has 0 bridgehead atoms. The second-order valence-corrected chi connectivity index (χ2v) is 8.69. The van der Waals surface area contributed by atoms with Crippen LogP contribution in [0, 0.1) is 12.7 Å². The Kier molecular flexibility index (Phi) is 5.30. The zero-order chi connectivity index (χ0) is 19.0. The maximum Gasteiger partial charge on any atom is 0.272 e. The van der Waals surface area contributed by atoms with E-state index in [9.17, 15) is 9.18 Å². The van der Waals surface area contributed by atoms with Crippen molar-refractivity contribution in [3.8, 4) is 5.69 Å². The topological polar surface area (TPSA) is 34.9 Å². The fourth-order valence-corrected chi connectivity index (χ4v) is 5.31. The van der Waals surface area contributed by atoms with E-state index in [1.54, 1.807) is 28.5 Å². The van der Waals surface area contributed by atoms with Crippen molar-refractivity contribution in [3.05, 3.63) is 80.5 Å². The van der Waals surface area contributed by atoms with Crippen LogP contribution in [-0.2, 0) is 12.2 Å². The van der Waals surface area contributed by atoms with Gasteiger partial charge in [-0.15, -0.1) is 11.8 Å². The van der Waals surface area contributed by atoms with Gasteiger partial charge in [-0.25, -0.2) is 9.37 Å². The summed E-state index contributed by atoms with van der Waals surface area (Å²) in [5.41, 5.74) is 3.06. The van der Waals surface area contributed by atoms with E-state index in [1.807, 2.05) is 31.2 Å². The van der Waals surface area contributed by atoms with Crippen molar-refractivity contribution in [1.29, 1.82) is 0 Å². The average molecular weight is 419 g/mol. The van der Waals surface area contributed by atoms with Crippen molar-refractivity contribution in [2.24, 2.45) is 0 Å². The van der Waals surface area contributed by atoms with Gasteiger partial charge in [0.25, 0.3) is 5.56 Å². The van der Waals surface area contributed by atoms with Crippen molar-refractivity contribution >= 4 is 35.1 Å². The fraction of sp³-hybridized carbons (Fsp3) is 0.200. The molecule has 0 unspecified atom stereocenters. The van der Waals surface area contributed by atoms with Gasteiger partial charge < -0.3 is 0 Å². The Labute approximate surface area is 170 Å². The van der Waals surface area contributed by atoms with Gasteiger partial charge in [-0.2, -0.15) is 0 Å². The number of halogens is 2. The lowest BCUT2D eigenvalue weighted by Gasteiger charge is -2.14. The lowest BCUT2D eigenvalue weighted by atomic mass is 10.2. The number of thioether (sulfide) groups is 2. The molecule has 4 rings (SSSR count). The predicted molar refractivity (Wildman–Crippen MR) is 110 cm³/mol. The van der Waals surface area contributed by atoms with E-state index in [0.717, 1.165) is 29.1 Å². The summed E-state index contributed by atoms with van der Waals surface area (Å²) in [5.74, 6) is 0.810. The van der Waals surface area contributed by atoms with Gasteiger partial charge in [0.1, 0.15) is 5.82 Å². The lowest BCUT2D eigenvalue weighted by molar-refractivity contribution is 0.617. The number of hydrogen-bond donors (Lipinski definition) is 0. The lowest BCUT2D eigenvalue weighted by Crippen LogP contribution is -2.23. The van der Waals surface area contributed by atoms with Gasteiger partial charge in [-0.05, 0) is 31.2 Å². The molecule has 1 aromatic heterocycles. The summed E-state index contributed by atoms with van der Waals surface area (Å²) in [6.07, 6.45) is 0.776. The molecule has 0 saturated carbocycles. The third-order valence-electron chi connectivity index (χ3n) is 4.37. The van der Waals surface area contributed by atoms with Gasteiger partial charge in [0, 0.05) is 28.5 Å². The Morgan fingerprint density at radius 3 is 2.78 bits per heavy atom. The molecule has 138 valence electrons. The van der Waals surface area contributed by atoms with Crippen LogP contribution in [0.3, 0.4) is 0 Å². The van der Waals surface area contributed by atoms with E-state index in [2.05, 4.69) is 0 Å². The third-order valence-corrected chi connectivity index (χ3v) is 6.79. The number of aryl methyl sites for hydroxylation is 2. The van der Waals surface area contributed by atoms with Crippen molar-refractivity contribution in [1.82, 2.24) is 9.55 Å². The highest BCUT2D eigenvalue weighted by Gasteiger charge is 2.23. The third kappa shape index (κ3) is 3.66. The molecule has 0 saturated heterocycles. The van der Waals surface area contributed by atoms with Crippen LogP contribution in [0.25, 0.3) is 5.69 Å². The molecule has 0 fully saturated rings. The summed E-state index contributed by atoms with van der Waals surface area (Å²) in [7, 11) is 0. The van der Waals surface area contributed by atoms with Crippen molar-refractivity contribution < 1.29 is 4.39 Å². The molecule has 0 spiro atoms. The van der Waals surface area contributed by atoms with Gasteiger partial charge in [0.05, 0.1) is 16.3 Å². The van der Waals surface area contributed by atoms with E-state index in [4.69, 9.17) is 16.6 Å². The van der Waals surface area contributed by atoms with Crippen LogP contribution < -0.4 is 5.56 Å². The first-order valence-electron chi connectivity index (χ1n) is 8.46. The summed E-state index contributed by atoms with van der Waals surface area (Å²) >= 11 is 9.02. The molecule has 0 aliphatic carbocycles. The molecule has 2 heterocycles. The fourth-order valence-electron chi connectivity index (χ4n) is 2.92. The largest absolute Gasteiger partial charge is 0.272 e. The van der Waals surface area contributed by atoms with Crippen LogP contribution in [0.4, 0.5) is 4.39 Å². The molecule has 0 atom stereocenters. The van der Waals surface area contributed by atoms with Crippen molar-refractivity contribution in [3.63, 3.8) is 0 Å². The predicted octanol–water partition coefficient (Wildman–Crippen LogP) is 5.27. The highest BCUT2D eigenvalue weighted by atomic mass is 35.5. The summed E-state index contributed by atoms with van der Waals surface area (Å²) < 4.78 is 15.8. The Bertz CT molecular complexity index is 1050. The minimum absolute atomic E-state index is 0.0616. The monoisotopic (exact) mass is 418 g/mol. The minimum Gasteiger partial charge on any atom is -0.268 e. The molecule has 7 heteroatoms. The second-order valence-electron chi connectivity index (χ2n) is 6.23. The molecule has 1 aliphatic rings. The first kappa shape index (κ1) is 18.6. The Morgan fingerprint density at radius 1 is 1.26 bits per heavy atom. The number of fused-ring (bicyclic) bond motifs is 1. The number of aromatic nitrogens is 2. The van der Waals surface area contributed by atoms with Gasteiger partial charge >= 0.3 is 0 Å². The van der Waals surface area contributed by atoms with Crippen molar-refractivity contribution in [2.45, 2.75) is 29.1 Å². The molecule has 2 aromatic carbocycles. The summed E-state index contributed by atoms with van der Waals surface area (Å²) in [5, 5.41) is 0.938. The van der Waals surface area contributed by atoms with Gasteiger partial charge in [0.15, 0.2) is 5.16 Å². The molecular weight excluding hydrogens is 403 g/mol. The molecule has 1 aliphatic heterocycles. The van der Waals surface area contributed by atoms with E-state index in [1.165, 1.54) is 17.8 Å². The number of nitrogens with zero attached hydrogens (tertiary/aromatic N) is 2. The number of hydrogen-bond acceptors (Lipinski definition) is 4. The normalized spacial score (nSPS) is 13.0. The van der Waals surface area contributed by atoms with Crippen LogP contribution in [0.5, 0.6) is 0 Å². The maximum atomic E-state index is 14.1.